The van der Waals surface area contributed by atoms with E-state index < -0.39 is 72.7 Å². The minimum atomic E-state index is -1.56. The molecule has 10 heteroatoms. The van der Waals surface area contributed by atoms with Gasteiger partial charge in [-0.3, -0.25) is 0 Å². The summed E-state index contributed by atoms with van der Waals surface area (Å²) >= 11 is 0. The molecule has 0 unspecified atom stereocenters. The Kier molecular flexibility index (Phi) is 9.78. The second-order valence-corrected chi connectivity index (χ2v) is 17.6. The third-order valence-corrected chi connectivity index (χ3v) is 14.7. The largest absolute Gasteiger partial charge is 0.394 e. The molecule has 0 radical (unpaired) electrons. The van der Waals surface area contributed by atoms with Gasteiger partial charge in [-0.15, -0.1) is 0 Å². The lowest BCUT2D eigenvalue weighted by atomic mass is 9.34. The van der Waals surface area contributed by atoms with Crippen LogP contribution in [-0.4, -0.2) is 108 Å². The van der Waals surface area contributed by atoms with E-state index in [1.54, 1.807) is 6.92 Å². The van der Waals surface area contributed by atoms with Gasteiger partial charge in [-0.05, 0) is 111 Å². The topological polar surface area (TPSA) is 180 Å². The summed E-state index contributed by atoms with van der Waals surface area (Å²) in [5.74, 6) is -0.481. The Morgan fingerprint density at radius 2 is 1.63 bits per heavy atom. The Morgan fingerprint density at radius 3 is 2.24 bits per heavy atom. The van der Waals surface area contributed by atoms with Crippen LogP contribution in [0.15, 0.2) is 12.2 Å². The maximum absolute atomic E-state index is 12.1. The Morgan fingerprint density at radius 1 is 0.978 bits per heavy atom. The van der Waals surface area contributed by atoms with E-state index in [0.717, 1.165) is 19.3 Å². The average molecular weight is 655 g/mol. The fourth-order valence-electron chi connectivity index (χ4n) is 11.9. The molecule has 5 rings (SSSR count). The second-order valence-electron chi connectivity index (χ2n) is 17.6. The summed E-state index contributed by atoms with van der Waals surface area (Å²) in [7, 11) is 0. The second kappa shape index (κ2) is 12.3. The highest BCUT2D eigenvalue weighted by Crippen LogP contribution is 2.76. The summed E-state index contributed by atoms with van der Waals surface area (Å²) in [6.45, 7) is 17.8. The number of hydrogen-bond acceptors (Lipinski definition) is 10. The minimum Gasteiger partial charge on any atom is -0.394 e. The van der Waals surface area contributed by atoms with Gasteiger partial charge in [0.2, 0.25) is 0 Å². The summed E-state index contributed by atoms with van der Waals surface area (Å²) in [5, 5.41) is 87.6. The molecule has 5 aliphatic rings. The maximum Gasteiger partial charge on any atom is 0.186 e. The molecule has 266 valence electrons. The van der Waals surface area contributed by atoms with Crippen LogP contribution >= 0.6 is 0 Å². The number of ether oxygens (including phenoxy) is 2. The fourth-order valence-corrected chi connectivity index (χ4v) is 11.9. The SMILES string of the molecule is C=C(C)[C@@H](O)CC[C@](C)(O)[C@H]1CC[C@]2(C)[C@@H]1[C@H](O)C[C@@H]1[C@@]3(C)CC[C@H](O)C(C)(C)[C@@H]3[C@@H](O[C@@H]3O[C@H](CO)[C@@H](O)[C@H](O)[C@H]3O)C[C@]12C. The molecule has 0 amide bonds. The lowest BCUT2D eigenvalue weighted by Gasteiger charge is -2.72. The van der Waals surface area contributed by atoms with Crippen LogP contribution in [0.3, 0.4) is 0 Å². The number of aliphatic hydroxyl groups excluding tert-OH is 7. The van der Waals surface area contributed by atoms with Gasteiger partial charge in [0.25, 0.3) is 0 Å². The first-order valence-corrected chi connectivity index (χ1v) is 17.6. The summed E-state index contributed by atoms with van der Waals surface area (Å²) in [6, 6.07) is 0. The quantitative estimate of drug-likeness (QED) is 0.143. The Bertz CT molecular complexity index is 1130. The van der Waals surface area contributed by atoms with Crippen molar-refractivity contribution in [3.8, 4) is 0 Å². The van der Waals surface area contributed by atoms with Crippen LogP contribution in [0.1, 0.15) is 99.8 Å². The molecule has 5 fully saturated rings. The van der Waals surface area contributed by atoms with Gasteiger partial charge in [-0.2, -0.15) is 0 Å². The van der Waals surface area contributed by atoms with Crippen LogP contribution in [0, 0.1) is 45.3 Å². The molecule has 4 aliphatic carbocycles. The molecule has 0 aromatic rings. The zero-order chi connectivity index (χ0) is 34.4. The van der Waals surface area contributed by atoms with Gasteiger partial charge in [0, 0.05) is 0 Å². The normalized spacial score (nSPS) is 52.2. The lowest BCUT2D eigenvalue weighted by molar-refractivity contribution is -0.346. The van der Waals surface area contributed by atoms with E-state index in [4.69, 9.17) is 9.47 Å². The molecule has 0 aromatic heterocycles. The molecule has 1 saturated heterocycles. The van der Waals surface area contributed by atoms with Crippen molar-refractivity contribution in [3.63, 3.8) is 0 Å². The van der Waals surface area contributed by atoms with Crippen LogP contribution in [0.2, 0.25) is 0 Å². The third-order valence-electron chi connectivity index (χ3n) is 14.7. The van der Waals surface area contributed by atoms with Gasteiger partial charge in [0.1, 0.15) is 24.4 Å². The van der Waals surface area contributed by atoms with Gasteiger partial charge >= 0.3 is 0 Å². The summed E-state index contributed by atoms with van der Waals surface area (Å²) in [5.41, 5.74) is -2.15. The average Bonchev–Trinajstić information content (AvgIpc) is 3.36. The van der Waals surface area contributed by atoms with Crippen molar-refractivity contribution in [2.75, 3.05) is 6.61 Å². The Hall–Kier alpha value is -0.660. The number of aliphatic hydroxyl groups is 8. The predicted octanol–water partition coefficient (Wildman–Crippen LogP) is 2.27. The minimum absolute atomic E-state index is 0.0802. The van der Waals surface area contributed by atoms with Crippen molar-refractivity contribution >= 4 is 0 Å². The van der Waals surface area contributed by atoms with Crippen molar-refractivity contribution in [1.29, 1.82) is 0 Å². The van der Waals surface area contributed by atoms with E-state index in [2.05, 4.69) is 41.2 Å². The molecule has 8 N–H and O–H groups in total. The van der Waals surface area contributed by atoms with Crippen LogP contribution in [0.5, 0.6) is 0 Å². The molecule has 4 saturated carbocycles. The van der Waals surface area contributed by atoms with E-state index in [9.17, 15) is 40.9 Å². The highest BCUT2D eigenvalue weighted by atomic mass is 16.7. The van der Waals surface area contributed by atoms with Crippen LogP contribution in [0.4, 0.5) is 0 Å². The summed E-state index contributed by atoms with van der Waals surface area (Å²) in [6.07, 6.45) is -4.67. The number of hydrogen-bond donors (Lipinski definition) is 8. The van der Waals surface area contributed by atoms with Crippen molar-refractivity contribution in [2.45, 2.75) is 161 Å². The first-order chi connectivity index (χ1) is 21.2. The first-order valence-electron chi connectivity index (χ1n) is 17.6. The van der Waals surface area contributed by atoms with E-state index in [1.807, 2.05) is 6.92 Å². The maximum atomic E-state index is 12.1. The lowest BCUT2D eigenvalue weighted by Crippen LogP contribution is -2.71. The van der Waals surface area contributed by atoms with Gasteiger partial charge in [0.15, 0.2) is 6.29 Å². The fraction of sp³-hybridized carbons (Fsp3) is 0.944. The van der Waals surface area contributed by atoms with Crippen molar-refractivity contribution in [3.05, 3.63) is 12.2 Å². The first kappa shape index (κ1) is 36.6. The zero-order valence-corrected chi connectivity index (χ0v) is 29.0. The van der Waals surface area contributed by atoms with Gasteiger partial charge in [-0.25, -0.2) is 0 Å². The van der Waals surface area contributed by atoms with Crippen LogP contribution in [-0.2, 0) is 9.47 Å². The zero-order valence-electron chi connectivity index (χ0n) is 29.0. The van der Waals surface area contributed by atoms with E-state index >= 15 is 0 Å². The van der Waals surface area contributed by atoms with Gasteiger partial charge in [-0.1, -0.05) is 46.8 Å². The predicted molar refractivity (Wildman–Crippen MR) is 171 cm³/mol. The molecule has 17 atom stereocenters. The smallest absolute Gasteiger partial charge is 0.186 e. The molecular formula is C36H62O10. The summed E-state index contributed by atoms with van der Waals surface area (Å²) in [4.78, 5) is 0. The highest BCUT2D eigenvalue weighted by molar-refractivity contribution is 5.22. The van der Waals surface area contributed by atoms with E-state index in [-0.39, 0.29) is 39.9 Å². The van der Waals surface area contributed by atoms with Gasteiger partial charge in [0.05, 0.1) is 36.6 Å². The molecule has 1 aliphatic heterocycles. The molecule has 10 nitrogen and oxygen atoms in total. The Labute approximate surface area is 274 Å². The van der Waals surface area contributed by atoms with Crippen molar-refractivity contribution in [1.82, 2.24) is 0 Å². The molecule has 46 heavy (non-hydrogen) atoms. The van der Waals surface area contributed by atoms with Crippen LogP contribution < -0.4 is 0 Å². The number of rotatable bonds is 8. The Balaban J connectivity index is 1.53. The third kappa shape index (κ3) is 5.46. The standard InChI is InChI=1S/C36H62O10/c1-18(2)20(38)10-14-36(8,44)19-9-13-34(6)26(19)21(39)15-24-33(5)12-11-25(40)32(3,4)30(33)22(16-35(24,34)7)45-31-29(43)28(42)27(41)23(17-37)46-31/h19-31,37-44H,1,9-17H2,2-8H3/t19-,20-,21+,22-,23+,24+,25-,26-,27+,28-,29+,30-,31+,33+,34+,35+,36-/m0/s1. The highest BCUT2D eigenvalue weighted by Gasteiger charge is 2.73. The number of fused-ring (bicyclic) bond motifs is 5. The molecule has 0 aromatic carbocycles. The van der Waals surface area contributed by atoms with Gasteiger partial charge < -0.3 is 50.3 Å². The molecule has 0 spiro atoms. The molecular weight excluding hydrogens is 592 g/mol. The van der Waals surface area contributed by atoms with Crippen molar-refractivity contribution in [2.24, 2.45) is 45.3 Å². The van der Waals surface area contributed by atoms with Crippen LogP contribution in [0.25, 0.3) is 0 Å². The van der Waals surface area contributed by atoms with E-state index in [0.29, 0.717) is 37.7 Å². The molecule has 0 bridgehead atoms. The van der Waals surface area contributed by atoms with E-state index in [1.165, 1.54) is 0 Å². The van der Waals surface area contributed by atoms with Crippen molar-refractivity contribution < 1.29 is 50.3 Å². The molecule has 1 heterocycles. The summed E-state index contributed by atoms with van der Waals surface area (Å²) < 4.78 is 12.6. The monoisotopic (exact) mass is 654 g/mol.